The van der Waals surface area contributed by atoms with Gasteiger partial charge < -0.3 is 20.3 Å². The molecule has 0 saturated carbocycles. The van der Waals surface area contributed by atoms with E-state index in [0.717, 1.165) is 5.56 Å². The highest BCUT2D eigenvalue weighted by Crippen LogP contribution is 2.35. The molecule has 2 aromatic rings. The number of anilines is 2. The lowest BCUT2D eigenvalue weighted by molar-refractivity contribution is -0.383. The van der Waals surface area contributed by atoms with E-state index < -0.39 is 11.7 Å². The molecule has 0 aliphatic heterocycles. The number of alkyl carbamates (subject to hydrolysis) is 1. The average molecular weight is 415 g/mol. The third-order valence-corrected chi connectivity index (χ3v) is 4.30. The summed E-state index contributed by atoms with van der Waals surface area (Å²) in [5.41, 5.74) is 1.44. The first-order chi connectivity index (χ1) is 14.2. The second-order valence-corrected chi connectivity index (χ2v) is 7.78. The summed E-state index contributed by atoms with van der Waals surface area (Å²) in [5.74, 6) is 0. The maximum absolute atomic E-state index is 11.9. The van der Waals surface area contributed by atoms with E-state index in [4.69, 9.17) is 4.74 Å². The molecule has 1 amide bonds. The van der Waals surface area contributed by atoms with Crippen molar-refractivity contribution in [2.24, 2.45) is 0 Å². The second-order valence-electron chi connectivity index (χ2n) is 7.78. The summed E-state index contributed by atoms with van der Waals surface area (Å²) in [6.45, 7) is 9.06. The molecule has 0 spiro atoms. The van der Waals surface area contributed by atoms with Crippen molar-refractivity contribution in [3.63, 3.8) is 0 Å². The number of rotatable bonds is 9. The van der Waals surface area contributed by atoms with Crippen molar-refractivity contribution >= 4 is 23.2 Å². The second kappa shape index (κ2) is 10.5. The van der Waals surface area contributed by atoms with Crippen LogP contribution in [0.1, 0.15) is 33.3 Å². The molecule has 0 atom stereocenters. The molecule has 0 bridgehead atoms. The summed E-state index contributed by atoms with van der Waals surface area (Å²) in [7, 11) is 0. The summed E-state index contributed by atoms with van der Waals surface area (Å²) >= 11 is 0. The van der Waals surface area contributed by atoms with Gasteiger partial charge >= 0.3 is 11.8 Å². The smallest absolute Gasteiger partial charge is 0.407 e. The largest absolute Gasteiger partial charge is 0.444 e. The number of para-hydroxylation sites is 1. The molecule has 162 valence electrons. The van der Waals surface area contributed by atoms with Crippen LogP contribution >= 0.6 is 0 Å². The number of nitro benzene ring substituents is 1. The Morgan fingerprint density at radius 1 is 1.13 bits per heavy atom. The number of carbonyl (C=O) groups is 1. The lowest BCUT2D eigenvalue weighted by atomic mass is 10.2. The molecule has 0 aromatic heterocycles. The third kappa shape index (κ3) is 6.95. The monoisotopic (exact) mass is 414 g/mol. The summed E-state index contributed by atoms with van der Waals surface area (Å²) in [5, 5.41) is 17.7. The predicted molar refractivity (Wildman–Crippen MR) is 119 cm³/mol. The van der Waals surface area contributed by atoms with Gasteiger partial charge in [0.2, 0.25) is 0 Å². The number of likely N-dealkylation sites (N-methyl/N-ethyl adjacent to an activating group) is 1. The zero-order valence-electron chi connectivity index (χ0n) is 18.0. The lowest BCUT2D eigenvalue weighted by Crippen LogP contribution is -2.38. The molecule has 0 radical (unpaired) electrons. The fourth-order valence-electron chi connectivity index (χ4n) is 2.97. The van der Waals surface area contributed by atoms with E-state index in [1.807, 2.05) is 42.2 Å². The fraction of sp³-hybridized carbons (Fsp3) is 0.409. The van der Waals surface area contributed by atoms with Gasteiger partial charge in [-0.05, 0) is 45.4 Å². The quantitative estimate of drug-likeness (QED) is 0.461. The van der Waals surface area contributed by atoms with Crippen molar-refractivity contribution in [2.45, 2.75) is 39.8 Å². The molecule has 8 nitrogen and oxygen atoms in total. The van der Waals surface area contributed by atoms with Gasteiger partial charge in [0.25, 0.3) is 0 Å². The molecule has 2 N–H and O–H groups in total. The molecule has 0 aliphatic rings. The molecule has 0 aliphatic carbocycles. The van der Waals surface area contributed by atoms with Crippen molar-refractivity contribution < 1.29 is 14.5 Å². The van der Waals surface area contributed by atoms with Gasteiger partial charge in [-0.15, -0.1) is 0 Å². The Labute approximate surface area is 177 Å². The highest BCUT2D eigenvalue weighted by Gasteiger charge is 2.23. The van der Waals surface area contributed by atoms with E-state index >= 15 is 0 Å². The molecule has 0 fully saturated rings. The number of nitrogens with one attached hydrogen (secondary N) is 2. The van der Waals surface area contributed by atoms with Gasteiger partial charge in [0, 0.05) is 26.2 Å². The van der Waals surface area contributed by atoms with Crippen LogP contribution < -0.4 is 15.5 Å². The third-order valence-electron chi connectivity index (χ3n) is 4.30. The van der Waals surface area contributed by atoms with Crippen LogP contribution in [0.4, 0.5) is 21.9 Å². The van der Waals surface area contributed by atoms with Crippen molar-refractivity contribution in [1.82, 2.24) is 5.32 Å². The van der Waals surface area contributed by atoms with Crippen LogP contribution in [0, 0.1) is 10.1 Å². The Balaban J connectivity index is 2.11. The Hall–Kier alpha value is -3.29. The molecule has 0 heterocycles. The number of nitro groups is 1. The van der Waals surface area contributed by atoms with Crippen molar-refractivity contribution in [1.29, 1.82) is 0 Å². The molecule has 2 rings (SSSR count). The van der Waals surface area contributed by atoms with Crippen LogP contribution in [0.5, 0.6) is 0 Å². The minimum absolute atomic E-state index is 0.0209. The van der Waals surface area contributed by atoms with Gasteiger partial charge in [0.15, 0.2) is 0 Å². The Morgan fingerprint density at radius 3 is 2.43 bits per heavy atom. The molecule has 0 unspecified atom stereocenters. The number of nitrogens with zero attached hydrogens (tertiary/aromatic N) is 2. The Morgan fingerprint density at radius 2 is 1.83 bits per heavy atom. The number of benzene rings is 2. The SMILES string of the molecule is CCN(CCNC(=O)OC(C)(C)C)c1cccc(NCc2ccccc2)c1[N+](=O)[O-]. The van der Waals surface area contributed by atoms with E-state index in [0.29, 0.717) is 37.6 Å². The first-order valence-corrected chi connectivity index (χ1v) is 9.98. The van der Waals surface area contributed by atoms with E-state index in [1.54, 1.807) is 39.0 Å². The summed E-state index contributed by atoms with van der Waals surface area (Å²) < 4.78 is 5.23. The van der Waals surface area contributed by atoms with Crippen LogP contribution in [0.15, 0.2) is 48.5 Å². The predicted octanol–water partition coefficient (Wildman–Crippen LogP) is 4.56. The first-order valence-electron chi connectivity index (χ1n) is 9.98. The van der Waals surface area contributed by atoms with E-state index in [-0.39, 0.29) is 10.6 Å². The van der Waals surface area contributed by atoms with Crippen LogP contribution in [0.2, 0.25) is 0 Å². The van der Waals surface area contributed by atoms with Gasteiger partial charge in [0.05, 0.1) is 4.92 Å². The van der Waals surface area contributed by atoms with Crippen LogP contribution in [0.3, 0.4) is 0 Å². The lowest BCUT2D eigenvalue weighted by Gasteiger charge is -2.25. The van der Waals surface area contributed by atoms with Crippen LogP contribution in [-0.4, -0.2) is 36.3 Å². The molecular formula is C22H30N4O4. The van der Waals surface area contributed by atoms with Gasteiger partial charge in [-0.1, -0.05) is 36.4 Å². The maximum Gasteiger partial charge on any atom is 0.407 e. The van der Waals surface area contributed by atoms with Crippen LogP contribution in [0.25, 0.3) is 0 Å². The minimum atomic E-state index is -0.577. The first kappa shape index (κ1) is 23.0. The topological polar surface area (TPSA) is 96.7 Å². The Bertz CT molecular complexity index is 850. The zero-order valence-corrected chi connectivity index (χ0v) is 18.0. The molecule has 30 heavy (non-hydrogen) atoms. The maximum atomic E-state index is 11.9. The molecule has 8 heteroatoms. The van der Waals surface area contributed by atoms with Crippen molar-refractivity contribution in [3.8, 4) is 0 Å². The Kier molecular flexibility index (Phi) is 8.03. The number of hydrogen-bond acceptors (Lipinski definition) is 6. The van der Waals surface area contributed by atoms with E-state index in [9.17, 15) is 14.9 Å². The average Bonchev–Trinajstić information content (AvgIpc) is 2.68. The van der Waals surface area contributed by atoms with Crippen LogP contribution in [-0.2, 0) is 11.3 Å². The highest BCUT2D eigenvalue weighted by atomic mass is 16.6. The van der Waals surface area contributed by atoms with Gasteiger partial charge in [-0.2, -0.15) is 0 Å². The normalized spacial score (nSPS) is 10.9. The minimum Gasteiger partial charge on any atom is -0.444 e. The molecule has 2 aromatic carbocycles. The number of carbonyl (C=O) groups excluding carboxylic acids is 1. The van der Waals surface area contributed by atoms with Crippen molar-refractivity contribution in [2.75, 3.05) is 29.9 Å². The summed E-state index contributed by atoms with van der Waals surface area (Å²) in [6, 6.07) is 14.9. The number of ether oxygens (including phenoxy) is 1. The van der Waals surface area contributed by atoms with Gasteiger partial charge in [0.1, 0.15) is 17.0 Å². The zero-order chi connectivity index (χ0) is 22.1. The van der Waals surface area contributed by atoms with Gasteiger partial charge in [-0.25, -0.2) is 4.79 Å². The number of amides is 1. The van der Waals surface area contributed by atoms with Crippen molar-refractivity contribution in [3.05, 3.63) is 64.2 Å². The van der Waals surface area contributed by atoms with Gasteiger partial charge in [-0.3, -0.25) is 10.1 Å². The fourth-order valence-corrected chi connectivity index (χ4v) is 2.97. The van der Waals surface area contributed by atoms with E-state index in [2.05, 4.69) is 10.6 Å². The number of hydrogen-bond donors (Lipinski definition) is 2. The standard InChI is InChI=1S/C22H30N4O4/c1-5-25(15-14-23-21(27)30-22(2,3)4)19-13-9-12-18(20(19)26(28)29)24-16-17-10-7-6-8-11-17/h6-13,24H,5,14-16H2,1-4H3,(H,23,27). The molecule has 0 saturated heterocycles. The summed E-state index contributed by atoms with van der Waals surface area (Å²) in [6.07, 6.45) is -0.508. The van der Waals surface area contributed by atoms with E-state index in [1.165, 1.54) is 0 Å². The highest BCUT2D eigenvalue weighted by molar-refractivity contribution is 5.77. The summed E-state index contributed by atoms with van der Waals surface area (Å²) in [4.78, 5) is 25.2. The molecular weight excluding hydrogens is 384 g/mol.